The molecular formula is C17H28O5. The second-order valence-electron chi connectivity index (χ2n) is 3.90. The van der Waals surface area contributed by atoms with Gasteiger partial charge in [0.1, 0.15) is 6.61 Å². The van der Waals surface area contributed by atoms with Gasteiger partial charge in [-0.3, -0.25) is 0 Å². The molecule has 0 unspecified atom stereocenters. The molecule has 1 aromatic carbocycles. The van der Waals surface area contributed by atoms with E-state index in [0.717, 1.165) is 0 Å². The normalized spacial score (nSPS) is 8.73. The van der Waals surface area contributed by atoms with Crippen molar-refractivity contribution in [2.45, 2.75) is 13.5 Å². The van der Waals surface area contributed by atoms with Crippen LogP contribution in [0.4, 0.5) is 0 Å². The van der Waals surface area contributed by atoms with Crippen molar-refractivity contribution in [3.05, 3.63) is 48.6 Å². The SMILES string of the molecule is C=CCOC.CCOC(=O)COC.COCc1ccccc1. The summed E-state index contributed by atoms with van der Waals surface area (Å²) in [5, 5.41) is 0. The Morgan fingerprint density at radius 1 is 1.09 bits per heavy atom. The number of esters is 1. The predicted molar refractivity (Wildman–Crippen MR) is 87.7 cm³/mol. The Morgan fingerprint density at radius 2 is 1.73 bits per heavy atom. The Hall–Kier alpha value is -1.69. The van der Waals surface area contributed by atoms with Crippen molar-refractivity contribution in [1.29, 1.82) is 0 Å². The number of hydrogen-bond acceptors (Lipinski definition) is 5. The second-order valence-corrected chi connectivity index (χ2v) is 3.90. The zero-order valence-electron chi connectivity index (χ0n) is 14.0. The lowest BCUT2D eigenvalue weighted by Crippen LogP contribution is -2.10. The van der Waals surface area contributed by atoms with Gasteiger partial charge in [0.25, 0.3) is 0 Å². The molecule has 126 valence electrons. The summed E-state index contributed by atoms with van der Waals surface area (Å²) in [6.45, 7) is 7.01. The fraction of sp³-hybridized carbons (Fsp3) is 0.471. The number of carbonyl (C=O) groups is 1. The Labute approximate surface area is 133 Å². The predicted octanol–water partition coefficient (Wildman–Crippen LogP) is 2.85. The molecule has 1 aromatic rings. The number of carbonyl (C=O) groups excluding carboxylic acids is 1. The number of benzene rings is 1. The summed E-state index contributed by atoms with van der Waals surface area (Å²) in [5.74, 6) is -0.310. The molecule has 1 rings (SSSR count). The van der Waals surface area contributed by atoms with Gasteiger partial charge < -0.3 is 18.9 Å². The number of rotatable bonds is 7. The van der Waals surface area contributed by atoms with Crippen LogP contribution in [0.25, 0.3) is 0 Å². The Bertz CT molecular complexity index is 343. The van der Waals surface area contributed by atoms with Crippen LogP contribution in [0.5, 0.6) is 0 Å². The van der Waals surface area contributed by atoms with Crippen molar-refractivity contribution in [2.75, 3.05) is 41.2 Å². The lowest BCUT2D eigenvalue weighted by atomic mass is 10.2. The quantitative estimate of drug-likeness (QED) is 0.572. The lowest BCUT2D eigenvalue weighted by Gasteiger charge is -1.97. The van der Waals surface area contributed by atoms with E-state index in [-0.39, 0.29) is 12.6 Å². The molecular weight excluding hydrogens is 284 g/mol. The molecule has 0 aliphatic heterocycles. The average Bonchev–Trinajstić information content (AvgIpc) is 2.51. The Morgan fingerprint density at radius 3 is 2.09 bits per heavy atom. The summed E-state index contributed by atoms with van der Waals surface area (Å²) in [6, 6.07) is 10.1. The fourth-order valence-corrected chi connectivity index (χ4v) is 1.18. The van der Waals surface area contributed by atoms with Gasteiger partial charge in [0.05, 0.1) is 19.8 Å². The van der Waals surface area contributed by atoms with Crippen LogP contribution in [0, 0.1) is 0 Å². The Balaban J connectivity index is 0. The fourth-order valence-electron chi connectivity index (χ4n) is 1.18. The zero-order valence-corrected chi connectivity index (χ0v) is 14.0. The van der Waals surface area contributed by atoms with Crippen molar-refractivity contribution in [3.8, 4) is 0 Å². The minimum Gasteiger partial charge on any atom is -0.464 e. The molecule has 0 fully saturated rings. The second kappa shape index (κ2) is 19.3. The third-order valence-electron chi connectivity index (χ3n) is 2.01. The van der Waals surface area contributed by atoms with Crippen LogP contribution in [0.2, 0.25) is 0 Å². The summed E-state index contributed by atoms with van der Waals surface area (Å²) in [6.07, 6.45) is 1.71. The molecule has 0 aliphatic carbocycles. The van der Waals surface area contributed by atoms with E-state index in [0.29, 0.717) is 19.8 Å². The highest BCUT2D eigenvalue weighted by atomic mass is 16.6. The molecule has 0 atom stereocenters. The summed E-state index contributed by atoms with van der Waals surface area (Å²) in [5.41, 5.74) is 1.22. The summed E-state index contributed by atoms with van der Waals surface area (Å²) < 4.78 is 18.5. The minimum atomic E-state index is -0.310. The molecule has 0 saturated heterocycles. The zero-order chi connectivity index (χ0) is 17.1. The lowest BCUT2D eigenvalue weighted by molar-refractivity contribution is -0.147. The van der Waals surface area contributed by atoms with Gasteiger partial charge in [0.2, 0.25) is 0 Å². The number of ether oxygens (including phenoxy) is 4. The molecule has 0 amide bonds. The smallest absolute Gasteiger partial charge is 0.332 e. The maximum Gasteiger partial charge on any atom is 0.332 e. The molecule has 0 saturated carbocycles. The summed E-state index contributed by atoms with van der Waals surface area (Å²) >= 11 is 0. The van der Waals surface area contributed by atoms with Crippen LogP contribution in [0.1, 0.15) is 12.5 Å². The third kappa shape index (κ3) is 18.3. The van der Waals surface area contributed by atoms with E-state index in [1.807, 2.05) is 30.3 Å². The molecule has 0 bridgehead atoms. The number of methoxy groups -OCH3 is 3. The van der Waals surface area contributed by atoms with E-state index >= 15 is 0 Å². The summed E-state index contributed by atoms with van der Waals surface area (Å²) in [7, 11) is 4.80. The average molecular weight is 312 g/mol. The van der Waals surface area contributed by atoms with Crippen molar-refractivity contribution in [3.63, 3.8) is 0 Å². The maximum atomic E-state index is 10.3. The highest BCUT2D eigenvalue weighted by Crippen LogP contribution is 1.98. The minimum absolute atomic E-state index is 0.0494. The summed E-state index contributed by atoms with van der Waals surface area (Å²) in [4.78, 5) is 10.3. The van der Waals surface area contributed by atoms with Gasteiger partial charge in [0, 0.05) is 21.3 Å². The van der Waals surface area contributed by atoms with Gasteiger partial charge >= 0.3 is 5.97 Å². The van der Waals surface area contributed by atoms with Crippen molar-refractivity contribution < 1.29 is 23.7 Å². The third-order valence-corrected chi connectivity index (χ3v) is 2.01. The largest absolute Gasteiger partial charge is 0.464 e. The van der Waals surface area contributed by atoms with Gasteiger partial charge in [-0.2, -0.15) is 0 Å². The Kier molecular flexibility index (Phi) is 19.8. The van der Waals surface area contributed by atoms with Crippen molar-refractivity contribution in [2.24, 2.45) is 0 Å². The molecule has 5 nitrogen and oxygen atoms in total. The highest BCUT2D eigenvalue weighted by molar-refractivity contribution is 5.70. The van der Waals surface area contributed by atoms with Crippen LogP contribution in [0.3, 0.4) is 0 Å². The standard InChI is InChI=1S/C8H10O.C5H10O3.C4H8O/c1-9-7-8-5-3-2-4-6-8;1-3-8-5(6)4-7-2;1-3-4-5-2/h2-6H,7H2,1H3;3-4H2,1-2H3;3H,1,4H2,2H3. The van der Waals surface area contributed by atoms with Gasteiger partial charge in [-0.1, -0.05) is 36.4 Å². The van der Waals surface area contributed by atoms with Crippen LogP contribution in [-0.4, -0.2) is 47.1 Å². The van der Waals surface area contributed by atoms with E-state index in [1.165, 1.54) is 12.7 Å². The van der Waals surface area contributed by atoms with Gasteiger partial charge in [-0.25, -0.2) is 4.79 Å². The molecule has 0 N–H and O–H groups in total. The van der Waals surface area contributed by atoms with Crippen LogP contribution in [-0.2, 0) is 30.3 Å². The van der Waals surface area contributed by atoms with Crippen molar-refractivity contribution in [1.82, 2.24) is 0 Å². The maximum absolute atomic E-state index is 10.3. The van der Waals surface area contributed by atoms with Crippen LogP contribution in [0.15, 0.2) is 43.0 Å². The van der Waals surface area contributed by atoms with Crippen LogP contribution >= 0.6 is 0 Å². The van der Waals surface area contributed by atoms with E-state index in [4.69, 9.17) is 4.74 Å². The van der Waals surface area contributed by atoms with Gasteiger partial charge in [-0.15, -0.1) is 6.58 Å². The van der Waals surface area contributed by atoms with Crippen molar-refractivity contribution >= 4 is 5.97 Å². The first-order valence-electron chi connectivity index (χ1n) is 6.93. The van der Waals surface area contributed by atoms with E-state index < -0.39 is 0 Å². The molecule has 0 aliphatic rings. The molecule has 0 radical (unpaired) electrons. The van der Waals surface area contributed by atoms with Crippen LogP contribution < -0.4 is 0 Å². The highest BCUT2D eigenvalue weighted by Gasteiger charge is 1.96. The van der Waals surface area contributed by atoms with Gasteiger partial charge in [-0.05, 0) is 12.5 Å². The molecule has 0 aromatic heterocycles. The van der Waals surface area contributed by atoms with E-state index in [1.54, 1.807) is 27.2 Å². The number of hydrogen-bond donors (Lipinski definition) is 0. The molecule has 0 spiro atoms. The topological polar surface area (TPSA) is 54.0 Å². The molecule has 22 heavy (non-hydrogen) atoms. The van der Waals surface area contributed by atoms with E-state index in [9.17, 15) is 4.79 Å². The first-order valence-corrected chi connectivity index (χ1v) is 6.93. The van der Waals surface area contributed by atoms with E-state index in [2.05, 4.69) is 20.8 Å². The van der Waals surface area contributed by atoms with Gasteiger partial charge in [0.15, 0.2) is 0 Å². The first-order chi connectivity index (χ1) is 10.7. The molecule has 5 heteroatoms. The first kappa shape index (κ1) is 22.6. The molecule has 0 heterocycles. The monoisotopic (exact) mass is 312 g/mol.